The summed E-state index contributed by atoms with van der Waals surface area (Å²) in [5, 5.41) is 5.92. The molecular weight excluding hydrogens is 394 g/mol. The minimum absolute atomic E-state index is 0.140. The number of rotatable bonds is 5. The number of piperazine rings is 1. The van der Waals surface area contributed by atoms with Crippen LogP contribution in [-0.2, 0) is 11.2 Å². The van der Waals surface area contributed by atoms with Gasteiger partial charge in [-0.25, -0.2) is 9.97 Å². The lowest BCUT2D eigenvalue weighted by molar-refractivity contribution is -0.130. The van der Waals surface area contributed by atoms with Crippen LogP contribution in [-0.4, -0.2) is 47.0 Å². The number of carbonyl (C=O) groups excluding carboxylic acids is 1. The SMILES string of the molecule is Cc1ccc(C)c(N2CCN(C(=O)Cc3csc(Nc4cccc(C)n4)n3)CC2)c1. The molecule has 3 heterocycles. The summed E-state index contributed by atoms with van der Waals surface area (Å²) < 4.78 is 0. The predicted molar refractivity (Wildman–Crippen MR) is 123 cm³/mol. The Labute approximate surface area is 181 Å². The van der Waals surface area contributed by atoms with Crippen LogP contribution in [0, 0.1) is 20.8 Å². The van der Waals surface area contributed by atoms with Gasteiger partial charge in [0.2, 0.25) is 5.91 Å². The fourth-order valence-electron chi connectivity index (χ4n) is 3.69. The van der Waals surface area contributed by atoms with Crippen LogP contribution in [0.3, 0.4) is 0 Å². The average Bonchev–Trinajstić information content (AvgIpc) is 3.16. The number of benzene rings is 1. The molecule has 30 heavy (non-hydrogen) atoms. The number of nitrogens with zero attached hydrogens (tertiary/aromatic N) is 4. The monoisotopic (exact) mass is 421 g/mol. The van der Waals surface area contributed by atoms with E-state index < -0.39 is 0 Å². The summed E-state index contributed by atoms with van der Waals surface area (Å²) in [6.45, 7) is 9.43. The van der Waals surface area contributed by atoms with Crippen molar-refractivity contribution in [3.63, 3.8) is 0 Å². The van der Waals surface area contributed by atoms with E-state index in [0.29, 0.717) is 6.42 Å². The van der Waals surface area contributed by atoms with Gasteiger partial charge in [0.25, 0.3) is 0 Å². The van der Waals surface area contributed by atoms with Crippen molar-refractivity contribution in [1.82, 2.24) is 14.9 Å². The van der Waals surface area contributed by atoms with Crippen LogP contribution < -0.4 is 10.2 Å². The van der Waals surface area contributed by atoms with Gasteiger partial charge in [-0.3, -0.25) is 4.79 Å². The Balaban J connectivity index is 1.32. The molecule has 1 amide bonds. The van der Waals surface area contributed by atoms with Gasteiger partial charge in [-0.1, -0.05) is 18.2 Å². The largest absolute Gasteiger partial charge is 0.368 e. The van der Waals surface area contributed by atoms with Gasteiger partial charge in [-0.15, -0.1) is 11.3 Å². The molecule has 4 rings (SSSR count). The van der Waals surface area contributed by atoms with E-state index in [2.05, 4.69) is 52.2 Å². The lowest BCUT2D eigenvalue weighted by Gasteiger charge is -2.37. The van der Waals surface area contributed by atoms with E-state index in [4.69, 9.17) is 0 Å². The summed E-state index contributed by atoms with van der Waals surface area (Å²) in [5.74, 6) is 0.908. The fraction of sp³-hybridized carbons (Fsp3) is 0.348. The maximum atomic E-state index is 12.8. The third kappa shape index (κ3) is 4.79. The second kappa shape index (κ2) is 8.83. The first kappa shape index (κ1) is 20.3. The number of carbonyl (C=O) groups is 1. The first-order valence-electron chi connectivity index (χ1n) is 10.2. The Morgan fingerprint density at radius 1 is 1.07 bits per heavy atom. The number of hydrogen-bond acceptors (Lipinski definition) is 6. The molecule has 1 aliphatic heterocycles. The van der Waals surface area contributed by atoms with E-state index in [1.54, 1.807) is 0 Å². The molecule has 1 saturated heterocycles. The summed E-state index contributed by atoms with van der Waals surface area (Å²) in [7, 11) is 0. The number of thiazole rings is 1. The number of hydrogen-bond donors (Lipinski definition) is 1. The minimum Gasteiger partial charge on any atom is -0.368 e. The molecule has 0 atom stereocenters. The van der Waals surface area contributed by atoms with E-state index in [-0.39, 0.29) is 5.91 Å². The van der Waals surface area contributed by atoms with Crippen LogP contribution in [0.4, 0.5) is 16.6 Å². The third-order valence-corrected chi connectivity index (χ3v) is 6.15. The zero-order valence-corrected chi connectivity index (χ0v) is 18.5. The van der Waals surface area contributed by atoms with Crippen molar-refractivity contribution in [2.24, 2.45) is 0 Å². The van der Waals surface area contributed by atoms with Crippen LogP contribution >= 0.6 is 11.3 Å². The Bertz CT molecular complexity index is 1040. The molecule has 1 aliphatic rings. The molecule has 0 unspecified atom stereocenters. The standard InChI is InChI=1S/C23H27N5OS/c1-16-7-8-17(2)20(13-16)27-9-11-28(12-10-27)22(29)14-19-15-30-23(25-19)26-21-6-4-5-18(3)24-21/h4-8,13,15H,9-12,14H2,1-3H3,(H,24,25,26). The molecule has 2 aromatic heterocycles. The van der Waals surface area contributed by atoms with Gasteiger partial charge in [0.05, 0.1) is 12.1 Å². The Morgan fingerprint density at radius 2 is 1.87 bits per heavy atom. The van der Waals surface area contributed by atoms with Gasteiger partial charge >= 0.3 is 0 Å². The fourth-order valence-corrected chi connectivity index (χ4v) is 4.41. The summed E-state index contributed by atoms with van der Waals surface area (Å²) in [5.41, 5.74) is 5.58. The summed E-state index contributed by atoms with van der Waals surface area (Å²) in [6.07, 6.45) is 0.336. The molecular formula is C23H27N5OS. The minimum atomic E-state index is 0.140. The molecule has 0 radical (unpaired) electrons. The lowest BCUT2D eigenvalue weighted by atomic mass is 10.1. The summed E-state index contributed by atoms with van der Waals surface area (Å²) >= 11 is 1.50. The van der Waals surface area contributed by atoms with Crippen LogP contribution in [0.2, 0.25) is 0 Å². The number of nitrogens with one attached hydrogen (secondary N) is 1. The third-order valence-electron chi connectivity index (χ3n) is 5.35. The van der Waals surface area contributed by atoms with E-state index in [0.717, 1.165) is 48.5 Å². The van der Waals surface area contributed by atoms with Gasteiger partial charge < -0.3 is 15.1 Å². The van der Waals surface area contributed by atoms with Crippen molar-refractivity contribution in [1.29, 1.82) is 0 Å². The Kier molecular flexibility index (Phi) is 5.99. The number of amides is 1. The van der Waals surface area contributed by atoms with Crippen molar-refractivity contribution >= 4 is 33.9 Å². The average molecular weight is 422 g/mol. The second-order valence-corrected chi connectivity index (χ2v) is 8.63. The lowest BCUT2D eigenvalue weighted by Crippen LogP contribution is -2.49. The first-order valence-corrected chi connectivity index (χ1v) is 11.1. The summed E-state index contributed by atoms with van der Waals surface area (Å²) in [4.78, 5) is 26.1. The molecule has 1 N–H and O–H groups in total. The summed E-state index contributed by atoms with van der Waals surface area (Å²) in [6, 6.07) is 12.4. The zero-order chi connectivity index (χ0) is 21.1. The molecule has 7 heteroatoms. The molecule has 156 valence electrons. The van der Waals surface area contributed by atoms with Gasteiger partial charge in [0.15, 0.2) is 5.13 Å². The highest BCUT2D eigenvalue weighted by molar-refractivity contribution is 7.13. The predicted octanol–water partition coefficient (Wildman–Crippen LogP) is 4.10. The van der Waals surface area contributed by atoms with E-state index >= 15 is 0 Å². The Hall–Kier alpha value is -2.93. The van der Waals surface area contributed by atoms with Gasteiger partial charge in [0.1, 0.15) is 5.82 Å². The molecule has 0 bridgehead atoms. The van der Waals surface area contributed by atoms with Crippen molar-refractivity contribution in [2.75, 3.05) is 36.4 Å². The number of anilines is 3. The highest BCUT2D eigenvalue weighted by Gasteiger charge is 2.23. The van der Waals surface area contributed by atoms with Crippen LogP contribution in [0.15, 0.2) is 41.8 Å². The topological polar surface area (TPSA) is 61.4 Å². The maximum absolute atomic E-state index is 12.8. The zero-order valence-electron chi connectivity index (χ0n) is 17.7. The van der Waals surface area contributed by atoms with Crippen molar-refractivity contribution in [2.45, 2.75) is 27.2 Å². The number of pyridine rings is 1. The van der Waals surface area contributed by atoms with Gasteiger partial charge in [-0.2, -0.15) is 0 Å². The molecule has 0 saturated carbocycles. The molecule has 6 nitrogen and oxygen atoms in total. The molecule has 3 aromatic rings. The quantitative estimate of drug-likeness (QED) is 0.672. The highest BCUT2D eigenvalue weighted by Crippen LogP contribution is 2.24. The molecule has 1 aromatic carbocycles. The van der Waals surface area contributed by atoms with Crippen LogP contribution in [0.1, 0.15) is 22.5 Å². The van der Waals surface area contributed by atoms with E-state index in [1.807, 2.05) is 35.4 Å². The molecule has 0 aliphatic carbocycles. The molecule has 1 fully saturated rings. The van der Waals surface area contributed by atoms with Crippen molar-refractivity contribution < 1.29 is 4.79 Å². The smallest absolute Gasteiger partial charge is 0.228 e. The van der Waals surface area contributed by atoms with Crippen LogP contribution in [0.25, 0.3) is 0 Å². The van der Waals surface area contributed by atoms with Gasteiger partial charge in [0, 0.05) is 42.9 Å². The number of aryl methyl sites for hydroxylation is 3. The van der Waals surface area contributed by atoms with Crippen LogP contribution in [0.5, 0.6) is 0 Å². The highest BCUT2D eigenvalue weighted by atomic mass is 32.1. The van der Waals surface area contributed by atoms with Gasteiger partial charge in [-0.05, 0) is 50.1 Å². The second-order valence-electron chi connectivity index (χ2n) is 7.77. The van der Waals surface area contributed by atoms with Crippen molar-refractivity contribution in [3.05, 3.63) is 64.3 Å². The molecule has 0 spiro atoms. The number of aromatic nitrogens is 2. The van der Waals surface area contributed by atoms with E-state index in [9.17, 15) is 4.79 Å². The normalized spacial score (nSPS) is 14.1. The first-order chi connectivity index (χ1) is 14.5. The maximum Gasteiger partial charge on any atom is 0.228 e. The van der Waals surface area contributed by atoms with E-state index in [1.165, 1.54) is 28.2 Å². The van der Waals surface area contributed by atoms with Crippen molar-refractivity contribution in [3.8, 4) is 0 Å². The Morgan fingerprint density at radius 3 is 2.63 bits per heavy atom.